The van der Waals surface area contributed by atoms with Gasteiger partial charge in [-0.25, -0.2) is 0 Å². The largest absolute Gasteiger partial charge is 0.338 e. The number of aryl methyl sites for hydroxylation is 1. The van der Waals surface area contributed by atoms with Crippen LogP contribution in [0.25, 0.3) is 0 Å². The van der Waals surface area contributed by atoms with Gasteiger partial charge in [-0.3, -0.25) is 15.0 Å². The molecule has 6 heteroatoms. The maximum absolute atomic E-state index is 12.2. The molecule has 3 heterocycles. The quantitative estimate of drug-likeness (QED) is 0.943. The Balaban J connectivity index is 1.66. The lowest BCUT2D eigenvalue weighted by Crippen LogP contribution is -2.39. The number of hydrogen-bond donors (Lipinski definition) is 1. The van der Waals surface area contributed by atoms with Gasteiger partial charge in [-0.2, -0.15) is 0 Å². The summed E-state index contributed by atoms with van der Waals surface area (Å²) in [7, 11) is 0. The highest BCUT2D eigenvalue weighted by atomic mass is 32.1. The van der Waals surface area contributed by atoms with E-state index in [9.17, 15) is 4.79 Å². The summed E-state index contributed by atoms with van der Waals surface area (Å²) in [6.07, 6.45) is 2.04. The molecule has 0 unspecified atom stereocenters. The lowest BCUT2D eigenvalue weighted by molar-refractivity contribution is -0.118. The Morgan fingerprint density at radius 2 is 2.48 bits per heavy atom. The number of rotatable bonds is 4. The van der Waals surface area contributed by atoms with Gasteiger partial charge in [-0.05, 0) is 36.8 Å². The van der Waals surface area contributed by atoms with Crippen LogP contribution in [0.4, 0.5) is 5.88 Å². The van der Waals surface area contributed by atoms with Crippen molar-refractivity contribution in [2.24, 2.45) is 0 Å². The van der Waals surface area contributed by atoms with Crippen LogP contribution in [0.2, 0.25) is 0 Å². The van der Waals surface area contributed by atoms with Crippen molar-refractivity contribution in [2.45, 2.75) is 32.7 Å². The van der Waals surface area contributed by atoms with E-state index in [1.165, 1.54) is 10.4 Å². The van der Waals surface area contributed by atoms with Crippen molar-refractivity contribution in [3.05, 3.63) is 33.6 Å². The third kappa shape index (κ3) is 3.01. The van der Waals surface area contributed by atoms with Crippen molar-refractivity contribution < 1.29 is 9.32 Å². The Bertz CT molecular complexity index is 634. The van der Waals surface area contributed by atoms with Crippen molar-refractivity contribution in [3.63, 3.8) is 0 Å². The second kappa shape index (κ2) is 5.99. The molecule has 0 fully saturated rings. The number of nitrogens with zero attached hydrogens (tertiary/aromatic N) is 2. The second-order valence-corrected chi connectivity index (χ2v) is 6.33. The zero-order valence-electron chi connectivity index (χ0n) is 12.3. The van der Waals surface area contributed by atoms with Crippen molar-refractivity contribution in [2.75, 3.05) is 18.4 Å². The number of fused-ring (bicyclic) bond motifs is 1. The van der Waals surface area contributed by atoms with E-state index >= 15 is 0 Å². The number of carbonyl (C=O) groups is 1. The summed E-state index contributed by atoms with van der Waals surface area (Å²) in [5, 5.41) is 8.68. The first-order chi connectivity index (χ1) is 10.2. The van der Waals surface area contributed by atoms with Crippen molar-refractivity contribution in [1.29, 1.82) is 0 Å². The molecule has 1 aliphatic rings. The Hall–Kier alpha value is -1.66. The monoisotopic (exact) mass is 305 g/mol. The van der Waals surface area contributed by atoms with Gasteiger partial charge in [0.25, 0.3) is 0 Å². The van der Waals surface area contributed by atoms with E-state index in [0.29, 0.717) is 18.5 Å². The Labute approximate surface area is 127 Å². The van der Waals surface area contributed by atoms with Gasteiger partial charge in [0.05, 0.1) is 12.2 Å². The highest BCUT2D eigenvalue weighted by molar-refractivity contribution is 7.10. The van der Waals surface area contributed by atoms with Gasteiger partial charge in [-0.15, -0.1) is 11.3 Å². The molecule has 21 heavy (non-hydrogen) atoms. The van der Waals surface area contributed by atoms with Gasteiger partial charge in [-0.1, -0.05) is 12.1 Å². The summed E-state index contributed by atoms with van der Waals surface area (Å²) in [5.41, 5.74) is 2.15. The van der Waals surface area contributed by atoms with Crippen LogP contribution in [-0.2, 0) is 11.2 Å². The molecule has 112 valence electrons. The van der Waals surface area contributed by atoms with Gasteiger partial charge >= 0.3 is 0 Å². The van der Waals surface area contributed by atoms with E-state index < -0.39 is 0 Å². The van der Waals surface area contributed by atoms with Crippen molar-refractivity contribution in [1.82, 2.24) is 10.1 Å². The molecule has 1 amide bonds. The van der Waals surface area contributed by atoms with Crippen LogP contribution < -0.4 is 5.32 Å². The summed E-state index contributed by atoms with van der Waals surface area (Å²) in [4.78, 5) is 15.9. The predicted molar refractivity (Wildman–Crippen MR) is 82.5 cm³/mol. The van der Waals surface area contributed by atoms with Gasteiger partial charge in [0.15, 0.2) is 0 Å². The number of nitrogens with one attached hydrogen (secondary N) is 1. The first-order valence-electron chi connectivity index (χ1n) is 7.21. The van der Waals surface area contributed by atoms with Crippen LogP contribution in [0.5, 0.6) is 0 Å². The van der Waals surface area contributed by atoms with Crippen LogP contribution in [0, 0.1) is 6.92 Å². The molecule has 5 nitrogen and oxygen atoms in total. The molecule has 0 radical (unpaired) electrons. The van der Waals surface area contributed by atoms with E-state index in [0.717, 1.165) is 25.1 Å². The van der Waals surface area contributed by atoms with Gasteiger partial charge < -0.3 is 4.52 Å². The summed E-state index contributed by atoms with van der Waals surface area (Å²) in [6.45, 7) is 5.31. The second-order valence-electron chi connectivity index (χ2n) is 5.32. The average Bonchev–Trinajstić information content (AvgIpc) is 3.07. The van der Waals surface area contributed by atoms with E-state index in [4.69, 9.17) is 4.52 Å². The molecule has 0 saturated heterocycles. The summed E-state index contributed by atoms with van der Waals surface area (Å²) in [5.74, 6) is 0.363. The number of amides is 1. The Morgan fingerprint density at radius 3 is 3.19 bits per heavy atom. The van der Waals surface area contributed by atoms with Crippen LogP contribution >= 0.6 is 11.3 Å². The zero-order chi connectivity index (χ0) is 14.8. The molecule has 0 aromatic carbocycles. The topological polar surface area (TPSA) is 58.4 Å². The molecule has 0 aliphatic carbocycles. The summed E-state index contributed by atoms with van der Waals surface area (Å²) in [6, 6.07) is 4.25. The molecule has 0 saturated carbocycles. The minimum atomic E-state index is -0.0525. The third-order valence-corrected chi connectivity index (χ3v) is 4.83. The number of thiophene rings is 1. The molecule has 0 bridgehead atoms. The fourth-order valence-electron chi connectivity index (χ4n) is 2.90. The Kier molecular flexibility index (Phi) is 4.07. The van der Waals surface area contributed by atoms with Gasteiger partial charge in [0.2, 0.25) is 11.8 Å². The van der Waals surface area contributed by atoms with Crippen LogP contribution in [0.3, 0.4) is 0 Å². The fraction of sp³-hybridized carbons (Fsp3) is 0.467. The molecule has 2 aromatic rings. The molecule has 0 spiro atoms. The van der Waals surface area contributed by atoms with Gasteiger partial charge in [0.1, 0.15) is 0 Å². The maximum atomic E-state index is 12.2. The fourth-order valence-corrected chi connectivity index (χ4v) is 3.83. The van der Waals surface area contributed by atoms with E-state index in [-0.39, 0.29) is 5.91 Å². The number of hydrogen-bond acceptors (Lipinski definition) is 5. The average molecular weight is 305 g/mol. The number of anilines is 1. The predicted octanol–water partition coefficient (Wildman–Crippen LogP) is 2.99. The summed E-state index contributed by atoms with van der Waals surface area (Å²) < 4.78 is 5.02. The van der Waals surface area contributed by atoms with Crippen LogP contribution in [0.15, 0.2) is 22.0 Å². The van der Waals surface area contributed by atoms with Crippen molar-refractivity contribution in [3.8, 4) is 0 Å². The number of carbonyl (C=O) groups excluding carboxylic acids is 1. The third-order valence-electron chi connectivity index (χ3n) is 3.83. The van der Waals surface area contributed by atoms with Gasteiger partial charge in [0, 0.05) is 23.5 Å². The molecule has 1 N–H and O–H groups in total. The van der Waals surface area contributed by atoms with E-state index in [1.807, 2.05) is 18.3 Å². The standard InChI is InChI=1S/C15H19N3O2S/c1-3-12-11-5-7-21-13(11)4-6-18(12)9-14(19)16-15-8-10(2)17-20-15/h5,7-8,12H,3-4,6,9H2,1-2H3,(H,16,19)/t12-/m1/s1. The SMILES string of the molecule is CC[C@@H]1c2ccsc2CCN1CC(=O)Nc1cc(C)no1. The molecule has 3 rings (SSSR count). The molecular formula is C15H19N3O2S. The summed E-state index contributed by atoms with van der Waals surface area (Å²) >= 11 is 1.82. The first-order valence-corrected chi connectivity index (χ1v) is 8.09. The lowest BCUT2D eigenvalue weighted by Gasteiger charge is -2.34. The zero-order valence-corrected chi connectivity index (χ0v) is 13.1. The van der Waals surface area contributed by atoms with E-state index in [1.54, 1.807) is 6.07 Å². The molecule has 1 atom stereocenters. The van der Waals surface area contributed by atoms with Crippen LogP contribution in [0.1, 0.15) is 35.5 Å². The minimum absolute atomic E-state index is 0.0525. The molecule has 2 aromatic heterocycles. The highest BCUT2D eigenvalue weighted by Gasteiger charge is 2.28. The lowest BCUT2D eigenvalue weighted by atomic mass is 9.98. The van der Waals surface area contributed by atoms with E-state index in [2.05, 4.69) is 33.7 Å². The Morgan fingerprint density at radius 1 is 1.62 bits per heavy atom. The smallest absolute Gasteiger partial charge is 0.240 e. The van der Waals surface area contributed by atoms with Crippen LogP contribution in [-0.4, -0.2) is 29.1 Å². The first kappa shape index (κ1) is 14.3. The van der Waals surface area contributed by atoms with Crippen molar-refractivity contribution >= 4 is 23.1 Å². The number of aromatic nitrogens is 1. The molecular weight excluding hydrogens is 286 g/mol. The minimum Gasteiger partial charge on any atom is -0.338 e. The maximum Gasteiger partial charge on any atom is 0.240 e. The normalized spacial score (nSPS) is 18.5. The highest BCUT2D eigenvalue weighted by Crippen LogP contribution is 2.34. The molecule has 1 aliphatic heterocycles.